The van der Waals surface area contributed by atoms with Crippen LogP contribution in [0.25, 0.3) is 0 Å². The minimum absolute atomic E-state index is 0.179. The summed E-state index contributed by atoms with van der Waals surface area (Å²) in [6.07, 6.45) is 7.62. The highest BCUT2D eigenvalue weighted by atomic mass is 79.9. The summed E-state index contributed by atoms with van der Waals surface area (Å²) < 4.78 is 13.2. The van der Waals surface area contributed by atoms with Crippen molar-refractivity contribution in [2.45, 2.75) is 56.8 Å². The first-order valence-corrected chi connectivity index (χ1v) is 8.30. The SMILES string of the molecule is NCc1cccc(Br)c1OCC1CCC2(CCCC2)O1. The first-order valence-electron chi connectivity index (χ1n) is 7.50. The molecular formula is C16H22BrNO2. The van der Waals surface area contributed by atoms with E-state index in [1.165, 1.54) is 32.1 Å². The number of hydrogen-bond acceptors (Lipinski definition) is 3. The Morgan fingerprint density at radius 2 is 2.10 bits per heavy atom. The molecule has 2 N–H and O–H groups in total. The lowest BCUT2D eigenvalue weighted by Gasteiger charge is -2.24. The predicted molar refractivity (Wildman–Crippen MR) is 82.8 cm³/mol. The second-order valence-electron chi connectivity index (χ2n) is 5.91. The molecule has 20 heavy (non-hydrogen) atoms. The third-order valence-electron chi connectivity index (χ3n) is 4.54. The van der Waals surface area contributed by atoms with Gasteiger partial charge >= 0.3 is 0 Å². The summed E-state index contributed by atoms with van der Waals surface area (Å²) in [6, 6.07) is 5.98. The largest absolute Gasteiger partial charge is 0.489 e. The Hall–Kier alpha value is -0.580. The minimum Gasteiger partial charge on any atom is -0.489 e. The molecule has 3 rings (SSSR count). The molecule has 0 radical (unpaired) electrons. The summed E-state index contributed by atoms with van der Waals surface area (Å²) in [6.45, 7) is 1.11. The van der Waals surface area contributed by atoms with Gasteiger partial charge in [0.25, 0.3) is 0 Å². The molecule has 1 aliphatic carbocycles. The van der Waals surface area contributed by atoms with Gasteiger partial charge in [-0.1, -0.05) is 25.0 Å². The summed E-state index contributed by atoms with van der Waals surface area (Å²) in [4.78, 5) is 0. The second-order valence-corrected chi connectivity index (χ2v) is 6.77. The van der Waals surface area contributed by atoms with E-state index in [0.717, 1.165) is 22.2 Å². The molecule has 4 heteroatoms. The van der Waals surface area contributed by atoms with Gasteiger partial charge in [0.2, 0.25) is 0 Å². The molecule has 0 bridgehead atoms. The first kappa shape index (κ1) is 14.4. The van der Waals surface area contributed by atoms with Crippen molar-refractivity contribution in [3.8, 4) is 5.75 Å². The van der Waals surface area contributed by atoms with E-state index in [0.29, 0.717) is 13.2 Å². The third-order valence-corrected chi connectivity index (χ3v) is 5.16. The quantitative estimate of drug-likeness (QED) is 0.907. The van der Waals surface area contributed by atoms with Crippen LogP contribution in [-0.2, 0) is 11.3 Å². The molecule has 1 saturated heterocycles. The van der Waals surface area contributed by atoms with Gasteiger partial charge in [0.1, 0.15) is 12.4 Å². The van der Waals surface area contributed by atoms with Crippen molar-refractivity contribution in [1.82, 2.24) is 0 Å². The molecule has 1 heterocycles. The van der Waals surface area contributed by atoms with Crippen molar-refractivity contribution in [3.05, 3.63) is 28.2 Å². The average molecular weight is 340 g/mol. The van der Waals surface area contributed by atoms with Crippen molar-refractivity contribution >= 4 is 15.9 Å². The van der Waals surface area contributed by atoms with E-state index in [4.69, 9.17) is 15.2 Å². The van der Waals surface area contributed by atoms with Gasteiger partial charge < -0.3 is 15.2 Å². The molecule has 2 fully saturated rings. The van der Waals surface area contributed by atoms with Gasteiger partial charge in [0.05, 0.1) is 16.2 Å². The van der Waals surface area contributed by atoms with Gasteiger partial charge in [-0.05, 0) is 47.7 Å². The Kier molecular flexibility index (Phi) is 4.34. The maximum Gasteiger partial charge on any atom is 0.138 e. The monoisotopic (exact) mass is 339 g/mol. The summed E-state index contributed by atoms with van der Waals surface area (Å²) in [5.41, 5.74) is 6.98. The van der Waals surface area contributed by atoms with Gasteiger partial charge in [-0.2, -0.15) is 0 Å². The van der Waals surface area contributed by atoms with Crippen LogP contribution in [0.5, 0.6) is 5.75 Å². The molecule has 1 spiro atoms. The zero-order valence-corrected chi connectivity index (χ0v) is 13.3. The molecule has 110 valence electrons. The number of halogens is 1. The van der Waals surface area contributed by atoms with Crippen LogP contribution in [-0.4, -0.2) is 18.3 Å². The Bertz CT molecular complexity index is 472. The van der Waals surface area contributed by atoms with Crippen LogP contribution in [0.1, 0.15) is 44.1 Å². The van der Waals surface area contributed by atoms with Crippen LogP contribution in [0, 0.1) is 0 Å². The Morgan fingerprint density at radius 3 is 2.85 bits per heavy atom. The van der Waals surface area contributed by atoms with E-state index in [9.17, 15) is 0 Å². The zero-order chi connectivity index (χ0) is 14.0. The highest BCUT2D eigenvalue weighted by Crippen LogP contribution is 2.43. The Balaban J connectivity index is 1.60. The Morgan fingerprint density at radius 1 is 1.30 bits per heavy atom. The van der Waals surface area contributed by atoms with E-state index in [1.807, 2.05) is 18.2 Å². The molecular weight excluding hydrogens is 318 g/mol. The number of nitrogens with two attached hydrogens (primary N) is 1. The molecule has 0 aromatic heterocycles. The average Bonchev–Trinajstić information content (AvgIpc) is 3.08. The molecule has 3 nitrogen and oxygen atoms in total. The summed E-state index contributed by atoms with van der Waals surface area (Å²) in [7, 11) is 0. The van der Waals surface area contributed by atoms with Gasteiger partial charge in [-0.15, -0.1) is 0 Å². The fourth-order valence-corrected chi connectivity index (χ4v) is 3.97. The van der Waals surface area contributed by atoms with Crippen LogP contribution in [0.4, 0.5) is 0 Å². The van der Waals surface area contributed by atoms with Crippen LogP contribution in [0.2, 0.25) is 0 Å². The normalized spacial score (nSPS) is 24.4. The number of benzene rings is 1. The van der Waals surface area contributed by atoms with Crippen molar-refractivity contribution < 1.29 is 9.47 Å². The second kappa shape index (κ2) is 6.04. The lowest BCUT2D eigenvalue weighted by Crippen LogP contribution is -2.27. The molecule has 1 unspecified atom stereocenters. The van der Waals surface area contributed by atoms with Crippen molar-refractivity contribution in [2.75, 3.05) is 6.61 Å². The molecule has 2 aliphatic rings. The fourth-order valence-electron chi connectivity index (χ4n) is 3.45. The van der Waals surface area contributed by atoms with Crippen LogP contribution >= 0.6 is 15.9 Å². The summed E-state index contributed by atoms with van der Waals surface area (Å²) in [5.74, 6) is 0.867. The summed E-state index contributed by atoms with van der Waals surface area (Å²) in [5, 5.41) is 0. The number of rotatable bonds is 4. The van der Waals surface area contributed by atoms with E-state index in [2.05, 4.69) is 15.9 Å². The van der Waals surface area contributed by atoms with Crippen LogP contribution in [0.3, 0.4) is 0 Å². The summed E-state index contributed by atoms with van der Waals surface area (Å²) >= 11 is 3.54. The number of hydrogen-bond donors (Lipinski definition) is 1. The number of para-hydroxylation sites is 1. The maximum absolute atomic E-state index is 6.27. The van der Waals surface area contributed by atoms with Crippen molar-refractivity contribution in [1.29, 1.82) is 0 Å². The van der Waals surface area contributed by atoms with Crippen LogP contribution < -0.4 is 10.5 Å². The highest BCUT2D eigenvalue weighted by molar-refractivity contribution is 9.10. The molecule has 1 aliphatic heterocycles. The van der Waals surface area contributed by atoms with E-state index < -0.39 is 0 Å². The fraction of sp³-hybridized carbons (Fsp3) is 0.625. The zero-order valence-electron chi connectivity index (χ0n) is 11.7. The molecule has 0 amide bonds. The van der Waals surface area contributed by atoms with Gasteiger partial charge in [-0.25, -0.2) is 0 Å². The Labute approximate surface area is 129 Å². The van der Waals surface area contributed by atoms with E-state index in [-0.39, 0.29) is 11.7 Å². The molecule has 1 saturated carbocycles. The lowest BCUT2D eigenvalue weighted by molar-refractivity contribution is -0.0510. The standard InChI is InChI=1S/C16H22BrNO2/c17-14-5-3-4-12(10-18)15(14)19-11-13-6-9-16(20-13)7-1-2-8-16/h3-5,13H,1-2,6-11,18H2. The number of ether oxygens (including phenoxy) is 2. The molecule has 1 atom stereocenters. The maximum atomic E-state index is 6.27. The minimum atomic E-state index is 0.179. The lowest BCUT2D eigenvalue weighted by atomic mass is 9.98. The highest BCUT2D eigenvalue weighted by Gasteiger charge is 2.42. The third kappa shape index (κ3) is 2.87. The van der Waals surface area contributed by atoms with E-state index in [1.54, 1.807) is 0 Å². The topological polar surface area (TPSA) is 44.5 Å². The van der Waals surface area contributed by atoms with Gasteiger partial charge in [0, 0.05) is 12.1 Å². The van der Waals surface area contributed by atoms with Gasteiger partial charge in [-0.3, -0.25) is 0 Å². The first-order chi connectivity index (χ1) is 9.72. The van der Waals surface area contributed by atoms with E-state index >= 15 is 0 Å². The predicted octanol–water partition coefficient (Wildman–Crippen LogP) is 3.78. The van der Waals surface area contributed by atoms with Gasteiger partial charge in [0.15, 0.2) is 0 Å². The smallest absolute Gasteiger partial charge is 0.138 e. The van der Waals surface area contributed by atoms with Crippen molar-refractivity contribution in [3.63, 3.8) is 0 Å². The van der Waals surface area contributed by atoms with Crippen molar-refractivity contribution in [2.24, 2.45) is 5.73 Å². The molecule has 1 aromatic carbocycles. The van der Waals surface area contributed by atoms with Crippen LogP contribution in [0.15, 0.2) is 22.7 Å². The molecule has 1 aromatic rings.